The van der Waals surface area contributed by atoms with E-state index in [-0.39, 0.29) is 24.0 Å². The zero-order valence-electron chi connectivity index (χ0n) is 11.3. The normalized spacial score (nSPS) is 10.9. The van der Waals surface area contributed by atoms with Crippen molar-refractivity contribution in [3.8, 4) is 0 Å². The Balaban J connectivity index is 0.00000324. The summed E-state index contributed by atoms with van der Waals surface area (Å²) in [6, 6.07) is 2.10. The number of thiophene rings is 1. The number of methoxy groups -OCH3 is 1. The third kappa shape index (κ3) is 9.20. The molecule has 7 heteroatoms. The molecule has 2 N–H and O–H groups in total. The van der Waals surface area contributed by atoms with Crippen molar-refractivity contribution in [2.24, 2.45) is 4.99 Å². The van der Waals surface area contributed by atoms with Gasteiger partial charge in [0, 0.05) is 27.2 Å². The number of hydrogen-bond donors (Lipinski definition) is 2. The minimum atomic E-state index is 0. The van der Waals surface area contributed by atoms with Crippen LogP contribution < -0.4 is 10.6 Å². The Labute approximate surface area is 135 Å². The van der Waals surface area contributed by atoms with Crippen LogP contribution in [-0.4, -0.2) is 46.5 Å². The smallest absolute Gasteiger partial charge is 0.191 e. The van der Waals surface area contributed by atoms with Crippen LogP contribution in [0, 0.1) is 0 Å². The molecule has 0 aliphatic rings. The van der Waals surface area contributed by atoms with Crippen LogP contribution in [0.2, 0.25) is 0 Å². The summed E-state index contributed by atoms with van der Waals surface area (Å²) in [5.41, 5.74) is 1.26. The predicted molar refractivity (Wildman–Crippen MR) is 90.6 cm³/mol. The first-order valence-corrected chi connectivity index (χ1v) is 6.83. The monoisotopic (exact) mass is 399 g/mol. The third-order valence-electron chi connectivity index (χ3n) is 2.23. The first kappa shape index (κ1) is 18.6. The number of halogens is 1. The molecular weight excluding hydrogens is 377 g/mol. The highest BCUT2D eigenvalue weighted by Crippen LogP contribution is 2.04. The molecule has 110 valence electrons. The number of ether oxygens (including phenoxy) is 2. The van der Waals surface area contributed by atoms with Gasteiger partial charge in [-0.3, -0.25) is 4.99 Å². The van der Waals surface area contributed by atoms with Crippen LogP contribution in [-0.2, 0) is 16.0 Å². The lowest BCUT2D eigenvalue weighted by atomic mass is 10.3. The van der Waals surface area contributed by atoms with Gasteiger partial charge in [-0.15, -0.1) is 24.0 Å². The molecule has 0 unspecified atom stereocenters. The predicted octanol–water partition coefficient (Wildman–Crippen LogP) is 1.69. The molecule has 0 bridgehead atoms. The van der Waals surface area contributed by atoms with E-state index in [0.717, 1.165) is 19.0 Å². The third-order valence-corrected chi connectivity index (χ3v) is 2.97. The van der Waals surface area contributed by atoms with Gasteiger partial charge in [0.1, 0.15) is 0 Å². The first-order valence-electron chi connectivity index (χ1n) is 5.89. The van der Waals surface area contributed by atoms with Gasteiger partial charge in [0.2, 0.25) is 0 Å². The molecule has 19 heavy (non-hydrogen) atoms. The Morgan fingerprint density at radius 2 is 2.16 bits per heavy atom. The zero-order chi connectivity index (χ0) is 13.1. The Hall–Kier alpha value is -0.380. The zero-order valence-corrected chi connectivity index (χ0v) is 14.5. The number of nitrogens with zero attached hydrogens (tertiary/aromatic N) is 1. The van der Waals surface area contributed by atoms with Crippen LogP contribution in [0.25, 0.3) is 0 Å². The Morgan fingerprint density at radius 3 is 2.79 bits per heavy atom. The maximum absolute atomic E-state index is 5.35. The second-order valence-electron chi connectivity index (χ2n) is 3.59. The summed E-state index contributed by atoms with van der Waals surface area (Å²) < 4.78 is 10.2. The maximum atomic E-state index is 5.35. The summed E-state index contributed by atoms with van der Waals surface area (Å²) in [5.74, 6) is 0.788. The van der Waals surface area contributed by atoms with Gasteiger partial charge >= 0.3 is 0 Å². The van der Waals surface area contributed by atoms with Gasteiger partial charge in [0.25, 0.3) is 0 Å². The fourth-order valence-electron chi connectivity index (χ4n) is 1.29. The topological polar surface area (TPSA) is 54.9 Å². The van der Waals surface area contributed by atoms with Crippen molar-refractivity contribution in [2.75, 3.05) is 40.5 Å². The largest absolute Gasteiger partial charge is 0.382 e. The van der Waals surface area contributed by atoms with Crippen molar-refractivity contribution >= 4 is 41.3 Å². The van der Waals surface area contributed by atoms with Crippen molar-refractivity contribution < 1.29 is 9.47 Å². The molecule has 0 saturated carbocycles. The van der Waals surface area contributed by atoms with E-state index < -0.39 is 0 Å². The second-order valence-corrected chi connectivity index (χ2v) is 4.37. The molecular formula is C12H22IN3O2S. The van der Waals surface area contributed by atoms with Crippen LogP contribution in [0.5, 0.6) is 0 Å². The van der Waals surface area contributed by atoms with Crippen LogP contribution >= 0.6 is 35.3 Å². The van der Waals surface area contributed by atoms with E-state index in [1.54, 1.807) is 25.5 Å². The molecule has 0 saturated heterocycles. The van der Waals surface area contributed by atoms with Gasteiger partial charge in [0.05, 0.1) is 19.8 Å². The molecule has 0 amide bonds. The summed E-state index contributed by atoms with van der Waals surface area (Å²) >= 11 is 1.70. The molecule has 0 aliphatic heterocycles. The minimum Gasteiger partial charge on any atom is -0.382 e. The fraction of sp³-hybridized carbons (Fsp3) is 0.583. The second kappa shape index (κ2) is 12.6. The summed E-state index contributed by atoms with van der Waals surface area (Å²) in [4.78, 5) is 4.14. The fourth-order valence-corrected chi connectivity index (χ4v) is 1.95. The molecule has 1 aromatic heterocycles. The van der Waals surface area contributed by atoms with Crippen LogP contribution in [0.15, 0.2) is 21.8 Å². The molecule has 0 atom stereocenters. The lowest BCUT2D eigenvalue weighted by molar-refractivity contribution is 0.0733. The van der Waals surface area contributed by atoms with E-state index in [2.05, 4.69) is 32.5 Å². The molecule has 5 nitrogen and oxygen atoms in total. The van der Waals surface area contributed by atoms with Crippen molar-refractivity contribution in [1.82, 2.24) is 10.6 Å². The van der Waals surface area contributed by atoms with E-state index in [9.17, 15) is 0 Å². The summed E-state index contributed by atoms with van der Waals surface area (Å²) in [5, 5.41) is 10.6. The lowest BCUT2D eigenvalue weighted by Gasteiger charge is -2.11. The standard InChI is InChI=1S/C12H21N3O2S.HI/c1-13-12(14-4-5-17-7-6-16-2)15-9-11-3-8-18-10-11;/h3,8,10H,4-7,9H2,1-2H3,(H2,13,14,15);1H. The van der Waals surface area contributed by atoms with Crippen LogP contribution in [0.4, 0.5) is 0 Å². The van der Waals surface area contributed by atoms with E-state index in [0.29, 0.717) is 19.8 Å². The van der Waals surface area contributed by atoms with E-state index in [1.165, 1.54) is 5.56 Å². The van der Waals surface area contributed by atoms with E-state index in [4.69, 9.17) is 9.47 Å². The molecule has 1 heterocycles. The van der Waals surface area contributed by atoms with Crippen molar-refractivity contribution in [3.63, 3.8) is 0 Å². The quantitative estimate of drug-likeness (QED) is 0.303. The SMILES string of the molecule is CN=C(NCCOCCOC)NCc1ccsc1.I. The molecule has 0 spiro atoms. The molecule has 0 aromatic carbocycles. The van der Waals surface area contributed by atoms with Crippen molar-refractivity contribution in [2.45, 2.75) is 6.54 Å². The van der Waals surface area contributed by atoms with E-state index in [1.807, 2.05) is 0 Å². The minimum absolute atomic E-state index is 0. The highest BCUT2D eigenvalue weighted by Gasteiger charge is 1.98. The van der Waals surface area contributed by atoms with Gasteiger partial charge in [0.15, 0.2) is 5.96 Å². The lowest BCUT2D eigenvalue weighted by Crippen LogP contribution is -2.38. The van der Waals surface area contributed by atoms with Crippen molar-refractivity contribution in [3.05, 3.63) is 22.4 Å². The average molecular weight is 399 g/mol. The molecule has 1 rings (SSSR count). The Morgan fingerprint density at radius 1 is 1.32 bits per heavy atom. The highest BCUT2D eigenvalue weighted by atomic mass is 127. The number of aliphatic imine (C=N–C) groups is 1. The van der Waals surface area contributed by atoms with Gasteiger partial charge in [-0.1, -0.05) is 0 Å². The van der Waals surface area contributed by atoms with Gasteiger partial charge in [-0.2, -0.15) is 11.3 Å². The number of rotatable bonds is 8. The summed E-state index contributed by atoms with van der Waals surface area (Å²) in [6.07, 6.45) is 0. The maximum Gasteiger partial charge on any atom is 0.191 e. The van der Waals surface area contributed by atoms with Crippen LogP contribution in [0.3, 0.4) is 0 Å². The van der Waals surface area contributed by atoms with Gasteiger partial charge in [-0.25, -0.2) is 0 Å². The van der Waals surface area contributed by atoms with Crippen molar-refractivity contribution in [1.29, 1.82) is 0 Å². The highest BCUT2D eigenvalue weighted by molar-refractivity contribution is 14.0. The number of nitrogens with one attached hydrogen (secondary N) is 2. The van der Waals surface area contributed by atoms with Crippen LogP contribution in [0.1, 0.15) is 5.56 Å². The Bertz CT molecular complexity index is 334. The first-order chi connectivity index (χ1) is 8.86. The van der Waals surface area contributed by atoms with Gasteiger partial charge in [-0.05, 0) is 22.4 Å². The number of guanidine groups is 1. The summed E-state index contributed by atoms with van der Waals surface area (Å²) in [7, 11) is 3.42. The molecule has 0 fully saturated rings. The van der Waals surface area contributed by atoms with E-state index >= 15 is 0 Å². The molecule has 0 aliphatic carbocycles. The Kier molecular flexibility index (Phi) is 12.4. The number of hydrogen-bond acceptors (Lipinski definition) is 4. The average Bonchev–Trinajstić information content (AvgIpc) is 2.90. The molecule has 1 aromatic rings. The molecule has 0 radical (unpaired) electrons. The van der Waals surface area contributed by atoms with Gasteiger partial charge < -0.3 is 20.1 Å². The summed E-state index contributed by atoms with van der Waals surface area (Å²) in [6.45, 7) is 3.41.